The van der Waals surface area contributed by atoms with Crippen LogP contribution < -0.4 is 11.1 Å². The van der Waals surface area contributed by atoms with Crippen molar-refractivity contribution in [2.24, 2.45) is 5.92 Å². The first kappa shape index (κ1) is 12.7. The molecule has 2 fully saturated rings. The van der Waals surface area contributed by atoms with Crippen molar-refractivity contribution in [2.45, 2.75) is 18.9 Å². The summed E-state index contributed by atoms with van der Waals surface area (Å²) >= 11 is 0. The molecule has 1 aliphatic heterocycles. The van der Waals surface area contributed by atoms with Crippen molar-refractivity contribution in [1.82, 2.24) is 10.2 Å². The van der Waals surface area contributed by atoms with Gasteiger partial charge in [0, 0.05) is 37.8 Å². The fourth-order valence-corrected chi connectivity index (χ4v) is 2.96. The highest BCUT2D eigenvalue weighted by atomic mass is 19.1. The Kier molecular flexibility index (Phi) is 3.33. The van der Waals surface area contributed by atoms with Gasteiger partial charge in [-0.2, -0.15) is 0 Å². The van der Waals surface area contributed by atoms with Gasteiger partial charge in [0.2, 0.25) is 0 Å². The average molecular weight is 265 g/mol. The van der Waals surface area contributed by atoms with Crippen LogP contribution in [0, 0.1) is 11.7 Å². The Bertz CT molecular complexity index is 470. The van der Waals surface area contributed by atoms with Gasteiger partial charge in [0.1, 0.15) is 17.3 Å². The minimum atomic E-state index is -0.545. The van der Waals surface area contributed by atoms with Crippen LogP contribution in [0.4, 0.5) is 10.1 Å². The molecule has 4 nitrogen and oxygen atoms in total. The van der Waals surface area contributed by atoms with Gasteiger partial charge in [-0.1, -0.05) is 6.07 Å². The molecule has 0 unspecified atom stereocenters. The maximum absolute atomic E-state index is 13.4. The predicted molar refractivity (Wildman–Crippen MR) is 72.4 cm³/mol. The minimum absolute atomic E-state index is 0.0737. The quantitative estimate of drug-likeness (QED) is 0.572. The summed E-state index contributed by atoms with van der Waals surface area (Å²) in [5.74, 6) is -0.0552. The summed E-state index contributed by atoms with van der Waals surface area (Å²) in [6, 6.07) is 3.22. The Morgan fingerprint density at radius 2 is 2.00 bits per heavy atom. The van der Waals surface area contributed by atoms with Gasteiger partial charge in [-0.15, -0.1) is 0 Å². The van der Waals surface area contributed by atoms with E-state index in [4.69, 9.17) is 5.73 Å². The van der Waals surface area contributed by atoms with E-state index in [1.54, 1.807) is 6.07 Å². The number of halogens is 1. The van der Waals surface area contributed by atoms with E-state index in [9.17, 15) is 9.50 Å². The number of nitrogens with one attached hydrogen (secondary N) is 1. The van der Waals surface area contributed by atoms with Crippen molar-refractivity contribution in [3.05, 3.63) is 23.5 Å². The van der Waals surface area contributed by atoms with E-state index in [1.807, 2.05) is 0 Å². The maximum Gasteiger partial charge on any atom is 0.149 e. The van der Waals surface area contributed by atoms with E-state index in [-0.39, 0.29) is 17.5 Å². The Morgan fingerprint density at radius 1 is 1.32 bits per heavy atom. The van der Waals surface area contributed by atoms with E-state index in [2.05, 4.69) is 10.2 Å². The lowest BCUT2D eigenvalue weighted by Gasteiger charge is -2.35. The molecule has 19 heavy (non-hydrogen) atoms. The van der Waals surface area contributed by atoms with Crippen LogP contribution in [0.15, 0.2) is 12.1 Å². The van der Waals surface area contributed by atoms with Crippen LogP contribution >= 0.6 is 0 Å². The molecule has 1 aromatic carbocycles. The van der Waals surface area contributed by atoms with Crippen molar-refractivity contribution in [3.8, 4) is 5.75 Å². The van der Waals surface area contributed by atoms with Crippen LogP contribution in [0.25, 0.3) is 0 Å². The number of aromatic hydroxyl groups is 1. The third-order valence-electron chi connectivity index (χ3n) is 4.13. The molecule has 3 rings (SSSR count). The summed E-state index contributed by atoms with van der Waals surface area (Å²) in [4.78, 5) is 2.38. The van der Waals surface area contributed by atoms with E-state index in [0.717, 1.165) is 31.7 Å². The monoisotopic (exact) mass is 265 g/mol. The fraction of sp³-hybridized carbons (Fsp3) is 0.571. The number of nitrogen functional groups attached to an aromatic ring is 1. The zero-order valence-electron chi connectivity index (χ0n) is 10.9. The molecule has 1 atom stereocenters. The number of phenolic OH excluding ortho intramolecular Hbond substituents is 1. The summed E-state index contributed by atoms with van der Waals surface area (Å²) in [5.41, 5.74) is 6.27. The first-order valence-corrected chi connectivity index (χ1v) is 6.90. The van der Waals surface area contributed by atoms with Crippen LogP contribution in [-0.2, 0) is 0 Å². The number of phenols is 1. The largest absolute Gasteiger partial charge is 0.505 e. The average Bonchev–Trinajstić information content (AvgIpc) is 3.25. The maximum atomic E-state index is 13.4. The van der Waals surface area contributed by atoms with Gasteiger partial charge >= 0.3 is 0 Å². The second-order valence-electron chi connectivity index (χ2n) is 5.47. The van der Waals surface area contributed by atoms with Gasteiger partial charge in [0.05, 0.1) is 0 Å². The van der Waals surface area contributed by atoms with Gasteiger partial charge in [-0.25, -0.2) is 4.39 Å². The van der Waals surface area contributed by atoms with E-state index < -0.39 is 5.82 Å². The van der Waals surface area contributed by atoms with Crippen LogP contribution in [0.5, 0.6) is 5.75 Å². The minimum Gasteiger partial charge on any atom is -0.505 e. The summed E-state index contributed by atoms with van der Waals surface area (Å²) in [5, 5.41) is 13.5. The molecule has 0 spiro atoms. The number of rotatable bonds is 3. The molecular weight excluding hydrogens is 245 g/mol. The smallest absolute Gasteiger partial charge is 0.149 e. The Balaban J connectivity index is 1.93. The molecule has 1 heterocycles. The topological polar surface area (TPSA) is 61.5 Å². The molecule has 0 bridgehead atoms. The molecule has 4 N–H and O–H groups in total. The zero-order valence-corrected chi connectivity index (χ0v) is 10.9. The van der Waals surface area contributed by atoms with Gasteiger partial charge in [0.25, 0.3) is 0 Å². The van der Waals surface area contributed by atoms with Crippen molar-refractivity contribution < 1.29 is 9.50 Å². The molecule has 5 heteroatoms. The normalized spacial score (nSPS) is 22.4. The van der Waals surface area contributed by atoms with Gasteiger partial charge in [-0.05, 0) is 24.8 Å². The van der Waals surface area contributed by atoms with Crippen molar-refractivity contribution in [2.75, 3.05) is 31.9 Å². The van der Waals surface area contributed by atoms with Gasteiger partial charge < -0.3 is 16.2 Å². The first-order valence-electron chi connectivity index (χ1n) is 6.90. The first-order chi connectivity index (χ1) is 9.18. The summed E-state index contributed by atoms with van der Waals surface area (Å²) in [6.07, 6.45) is 2.34. The molecule has 2 aliphatic rings. The van der Waals surface area contributed by atoms with Gasteiger partial charge in [0.15, 0.2) is 0 Å². The lowest BCUT2D eigenvalue weighted by Crippen LogP contribution is -2.45. The highest BCUT2D eigenvalue weighted by Crippen LogP contribution is 2.48. The van der Waals surface area contributed by atoms with Gasteiger partial charge in [-0.3, -0.25) is 4.90 Å². The van der Waals surface area contributed by atoms with E-state index >= 15 is 0 Å². The van der Waals surface area contributed by atoms with Crippen molar-refractivity contribution in [1.29, 1.82) is 0 Å². The van der Waals surface area contributed by atoms with E-state index in [0.29, 0.717) is 5.92 Å². The van der Waals surface area contributed by atoms with Crippen LogP contribution in [0.2, 0.25) is 0 Å². The predicted octanol–water partition coefficient (Wildman–Crippen LogP) is 1.47. The second kappa shape index (κ2) is 4.98. The third-order valence-corrected chi connectivity index (χ3v) is 4.13. The van der Waals surface area contributed by atoms with Crippen LogP contribution in [0.1, 0.15) is 24.4 Å². The molecule has 0 radical (unpaired) electrons. The summed E-state index contributed by atoms with van der Waals surface area (Å²) in [7, 11) is 0. The molecule has 1 saturated carbocycles. The number of piperazine rings is 1. The standard InChI is InChI=1S/C14H20FN3O/c15-11-4-3-10(14(19)12(11)16)13(9-1-2-9)18-7-5-17-6-8-18/h3-4,9,13,17,19H,1-2,5-8,16H2/t13-/m0/s1. The lowest BCUT2D eigenvalue weighted by atomic mass is 9.98. The lowest BCUT2D eigenvalue weighted by molar-refractivity contribution is 0.153. The summed E-state index contributed by atoms with van der Waals surface area (Å²) < 4.78 is 13.4. The molecule has 0 amide bonds. The van der Waals surface area contributed by atoms with Crippen molar-refractivity contribution >= 4 is 5.69 Å². The number of hydrogen-bond donors (Lipinski definition) is 3. The second-order valence-corrected chi connectivity index (χ2v) is 5.47. The Morgan fingerprint density at radius 3 is 2.63 bits per heavy atom. The number of anilines is 1. The molecule has 0 aromatic heterocycles. The highest BCUT2D eigenvalue weighted by Gasteiger charge is 2.38. The number of benzene rings is 1. The number of nitrogens with two attached hydrogens (primary N) is 1. The van der Waals surface area contributed by atoms with Crippen LogP contribution in [0.3, 0.4) is 0 Å². The summed E-state index contributed by atoms with van der Waals surface area (Å²) in [6.45, 7) is 3.83. The third kappa shape index (κ3) is 2.40. The SMILES string of the molecule is Nc1c(F)ccc([C@H](C2CC2)N2CCNCC2)c1O. The molecule has 1 aromatic rings. The zero-order chi connectivity index (χ0) is 13.4. The van der Waals surface area contributed by atoms with Crippen LogP contribution in [-0.4, -0.2) is 36.2 Å². The Hall–Kier alpha value is -1.33. The number of nitrogens with zero attached hydrogens (tertiary/aromatic N) is 1. The van der Waals surface area contributed by atoms with Crippen molar-refractivity contribution in [3.63, 3.8) is 0 Å². The highest BCUT2D eigenvalue weighted by molar-refractivity contribution is 5.58. The molecule has 1 aliphatic carbocycles. The fourth-order valence-electron chi connectivity index (χ4n) is 2.96. The van der Waals surface area contributed by atoms with E-state index in [1.165, 1.54) is 18.9 Å². The molecule has 104 valence electrons. The molecular formula is C14H20FN3O. The molecule has 1 saturated heterocycles. The number of hydrogen-bond acceptors (Lipinski definition) is 4. The Labute approximate surface area is 112 Å².